The Morgan fingerprint density at radius 2 is 1.68 bits per heavy atom. The average Bonchev–Trinajstić information content (AvgIpc) is 2.64. The standard InChI is InChI=1S/C21H25FO3/c1-3-5-6-15-24-19-13-9-17(10-14-19)21(23)25-20(4-2)16-7-11-18(22)12-8-16/h7-14,20H,3-6,15H2,1-2H3. The van der Waals surface area contributed by atoms with Crippen molar-refractivity contribution in [2.75, 3.05) is 6.61 Å². The first-order valence-corrected chi connectivity index (χ1v) is 8.83. The van der Waals surface area contributed by atoms with Crippen LogP contribution in [-0.4, -0.2) is 12.6 Å². The Labute approximate surface area is 148 Å². The molecular weight excluding hydrogens is 319 g/mol. The third-order valence-electron chi connectivity index (χ3n) is 3.97. The number of hydrogen-bond donors (Lipinski definition) is 0. The molecule has 0 aliphatic heterocycles. The second kappa shape index (κ2) is 9.82. The highest BCUT2D eigenvalue weighted by molar-refractivity contribution is 5.89. The Morgan fingerprint density at radius 3 is 2.28 bits per heavy atom. The van der Waals surface area contributed by atoms with Crippen LogP contribution in [0.25, 0.3) is 0 Å². The molecule has 0 aliphatic rings. The van der Waals surface area contributed by atoms with E-state index in [9.17, 15) is 9.18 Å². The number of benzene rings is 2. The van der Waals surface area contributed by atoms with Gasteiger partial charge in [0.1, 0.15) is 17.7 Å². The zero-order valence-electron chi connectivity index (χ0n) is 14.8. The molecular formula is C21H25FO3. The molecule has 1 unspecified atom stereocenters. The van der Waals surface area contributed by atoms with Gasteiger partial charge in [0.2, 0.25) is 0 Å². The summed E-state index contributed by atoms with van der Waals surface area (Å²) in [6.45, 7) is 4.75. The number of esters is 1. The molecule has 134 valence electrons. The lowest BCUT2D eigenvalue weighted by molar-refractivity contribution is 0.0287. The van der Waals surface area contributed by atoms with Gasteiger partial charge in [-0.05, 0) is 54.8 Å². The minimum atomic E-state index is -0.395. The molecule has 0 radical (unpaired) electrons. The van der Waals surface area contributed by atoms with Crippen molar-refractivity contribution in [1.82, 2.24) is 0 Å². The van der Waals surface area contributed by atoms with Crippen molar-refractivity contribution >= 4 is 5.97 Å². The van der Waals surface area contributed by atoms with E-state index in [-0.39, 0.29) is 5.82 Å². The molecule has 0 saturated carbocycles. The maximum Gasteiger partial charge on any atom is 0.338 e. The highest BCUT2D eigenvalue weighted by Crippen LogP contribution is 2.23. The minimum Gasteiger partial charge on any atom is -0.494 e. The van der Waals surface area contributed by atoms with Crippen molar-refractivity contribution in [3.8, 4) is 5.75 Å². The second-order valence-electron chi connectivity index (χ2n) is 5.93. The van der Waals surface area contributed by atoms with Gasteiger partial charge in [0.05, 0.1) is 12.2 Å². The second-order valence-corrected chi connectivity index (χ2v) is 5.93. The first-order valence-electron chi connectivity index (χ1n) is 8.83. The maximum absolute atomic E-state index is 13.0. The SMILES string of the molecule is CCCCCOc1ccc(C(=O)OC(CC)c2ccc(F)cc2)cc1. The predicted molar refractivity (Wildman–Crippen MR) is 96.3 cm³/mol. The number of rotatable bonds is 9. The Morgan fingerprint density at radius 1 is 1.00 bits per heavy atom. The van der Waals surface area contributed by atoms with Crippen molar-refractivity contribution < 1.29 is 18.7 Å². The van der Waals surface area contributed by atoms with E-state index < -0.39 is 12.1 Å². The number of hydrogen-bond acceptors (Lipinski definition) is 3. The van der Waals surface area contributed by atoms with E-state index in [0.717, 1.165) is 30.6 Å². The highest BCUT2D eigenvalue weighted by Gasteiger charge is 2.16. The van der Waals surface area contributed by atoms with Crippen molar-refractivity contribution in [2.24, 2.45) is 0 Å². The Kier molecular flexibility index (Phi) is 7.45. The van der Waals surface area contributed by atoms with E-state index in [4.69, 9.17) is 9.47 Å². The molecule has 1 atom stereocenters. The van der Waals surface area contributed by atoms with Crippen LogP contribution >= 0.6 is 0 Å². The molecule has 4 heteroatoms. The third kappa shape index (κ3) is 5.89. The zero-order valence-corrected chi connectivity index (χ0v) is 14.8. The van der Waals surface area contributed by atoms with E-state index >= 15 is 0 Å². The van der Waals surface area contributed by atoms with Crippen molar-refractivity contribution in [2.45, 2.75) is 45.6 Å². The van der Waals surface area contributed by atoms with Gasteiger partial charge in [0.25, 0.3) is 0 Å². The van der Waals surface area contributed by atoms with Crippen LogP contribution in [-0.2, 0) is 4.74 Å². The molecule has 0 N–H and O–H groups in total. The summed E-state index contributed by atoms with van der Waals surface area (Å²) in [6.07, 6.45) is 3.55. The molecule has 2 rings (SSSR count). The van der Waals surface area contributed by atoms with Crippen molar-refractivity contribution in [3.63, 3.8) is 0 Å². The molecule has 3 nitrogen and oxygen atoms in total. The average molecular weight is 344 g/mol. The number of carbonyl (C=O) groups is 1. The fourth-order valence-electron chi connectivity index (χ4n) is 2.49. The molecule has 2 aromatic carbocycles. The molecule has 0 aromatic heterocycles. The van der Waals surface area contributed by atoms with Gasteiger partial charge in [-0.1, -0.05) is 38.8 Å². The quantitative estimate of drug-likeness (QED) is 0.432. The molecule has 0 spiro atoms. The highest BCUT2D eigenvalue weighted by atomic mass is 19.1. The van der Waals surface area contributed by atoms with E-state index in [2.05, 4.69) is 6.92 Å². The van der Waals surface area contributed by atoms with Gasteiger partial charge in [-0.15, -0.1) is 0 Å². The van der Waals surface area contributed by atoms with E-state index in [1.165, 1.54) is 12.1 Å². The number of unbranched alkanes of at least 4 members (excludes halogenated alkanes) is 2. The van der Waals surface area contributed by atoms with Gasteiger partial charge in [0.15, 0.2) is 0 Å². The van der Waals surface area contributed by atoms with Crippen LogP contribution in [0, 0.1) is 5.82 Å². The van der Waals surface area contributed by atoms with E-state index in [1.54, 1.807) is 36.4 Å². The van der Waals surface area contributed by atoms with Gasteiger partial charge in [0, 0.05) is 0 Å². The summed E-state index contributed by atoms with van der Waals surface area (Å²) in [7, 11) is 0. The van der Waals surface area contributed by atoms with Gasteiger partial charge in [-0.2, -0.15) is 0 Å². The van der Waals surface area contributed by atoms with E-state index in [1.807, 2.05) is 6.92 Å². The summed E-state index contributed by atoms with van der Waals surface area (Å²) in [5.74, 6) is 0.0476. The van der Waals surface area contributed by atoms with Crippen molar-refractivity contribution in [3.05, 3.63) is 65.5 Å². The fraction of sp³-hybridized carbons (Fsp3) is 0.381. The van der Waals surface area contributed by atoms with Gasteiger partial charge in [-0.25, -0.2) is 9.18 Å². The van der Waals surface area contributed by atoms with Crippen molar-refractivity contribution in [1.29, 1.82) is 0 Å². The molecule has 0 fully saturated rings. The molecule has 0 amide bonds. The van der Waals surface area contributed by atoms with Gasteiger partial charge in [-0.3, -0.25) is 0 Å². The minimum absolute atomic E-state index is 0.306. The number of carbonyl (C=O) groups excluding carboxylic acids is 1. The summed E-state index contributed by atoms with van der Waals surface area (Å²) in [4.78, 5) is 12.3. The first kappa shape index (κ1) is 19.0. The number of ether oxygens (including phenoxy) is 2. The van der Waals surface area contributed by atoms with Gasteiger partial charge >= 0.3 is 5.97 Å². The predicted octanol–water partition coefficient (Wildman–Crippen LogP) is 5.70. The lowest BCUT2D eigenvalue weighted by Gasteiger charge is -2.17. The smallest absolute Gasteiger partial charge is 0.338 e. The van der Waals surface area contributed by atoms with Gasteiger partial charge < -0.3 is 9.47 Å². The molecule has 2 aromatic rings. The maximum atomic E-state index is 13.0. The lowest BCUT2D eigenvalue weighted by Crippen LogP contribution is -2.11. The fourth-order valence-corrected chi connectivity index (χ4v) is 2.49. The monoisotopic (exact) mass is 344 g/mol. The summed E-state index contributed by atoms with van der Waals surface area (Å²) >= 11 is 0. The van der Waals surface area contributed by atoms with Crippen LogP contribution in [0.3, 0.4) is 0 Å². The van der Waals surface area contributed by atoms with Crippen LogP contribution in [0.4, 0.5) is 4.39 Å². The molecule has 0 bridgehead atoms. The Balaban J connectivity index is 1.93. The summed E-state index contributed by atoms with van der Waals surface area (Å²) in [6, 6.07) is 13.0. The summed E-state index contributed by atoms with van der Waals surface area (Å²) in [5, 5.41) is 0. The normalized spacial score (nSPS) is 11.8. The van der Waals surface area contributed by atoms with E-state index in [0.29, 0.717) is 18.6 Å². The molecule has 25 heavy (non-hydrogen) atoms. The van der Waals surface area contributed by atoms with Crippen LogP contribution in [0.1, 0.15) is 61.6 Å². The molecule has 0 saturated heterocycles. The topological polar surface area (TPSA) is 35.5 Å². The first-order chi connectivity index (χ1) is 12.1. The lowest BCUT2D eigenvalue weighted by atomic mass is 10.1. The largest absolute Gasteiger partial charge is 0.494 e. The Hall–Kier alpha value is -2.36. The van der Waals surface area contributed by atoms with Crippen LogP contribution in [0.5, 0.6) is 5.75 Å². The molecule has 0 heterocycles. The summed E-state index contributed by atoms with van der Waals surface area (Å²) in [5.41, 5.74) is 1.26. The molecule has 0 aliphatic carbocycles. The third-order valence-corrected chi connectivity index (χ3v) is 3.97. The number of halogens is 1. The van der Waals surface area contributed by atoms with Crippen LogP contribution in [0.15, 0.2) is 48.5 Å². The Bertz CT molecular complexity index is 650. The van der Waals surface area contributed by atoms with Crippen LogP contribution < -0.4 is 4.74 Å². The van der Waals surface area contributed by atoms with Crippen LogP contribution in [0.2, 0.25) is 0 Å². The zero-order chi connectivity index (χ0) is 18.1. The summed E-state index contributed by atoms with van der Waals surface area (Å²) < 4.78 is 24.2.